The second-order valence-electron chi connectivity index (χ2n) is 5.63. The number of rotatable bonds is 8. The van der Waals surface area contributed by atoms with E-state index in [1.165, 1.54) is 14.0 Å². The van der Waals surface area contributed by atoms with Gasteiger partial charge in [0.1, 0.15) is 12.1 Å². The summed E-state index contributed by atoms with van der Waals surface area (Å²) in [5, 5.41) is 5.22. The third-order valence-electron chi connectivity index (χ3n) is 2.76. The Hall–Kier alpha value is -1.85. The quantitative estimate of drug-likeness (QED) is 0.520. The average molecular weight is 298 g/mol. The van der Waals surface area contributed by atoms with Gasteiger partial charge in [0.2, 0.25) is 11.8 Å². The molecule has 0 aromatic heterocycles. The van der Waals surface area contributed by atoms with Crippen molar-refractivity contribution in [3.05, 3.63) is 12.2 Å². The van der Waals surface area contributed by atoms with Crippen LogP contribution in [-0.2, 0) is 19.1 Å². The Bertz CT molecular complexity index is 404. The SMILES string of the molecule is C=C(C)C[C@@H](NC(=O)[C@H](CC(C)C)NC(C)=O)C(=O)OC. The van der Waals surface area contributed by atoms with Crippen molar-refractivity contribution in [2.24, 2.45) is 5.92 Å². The van der Waals surface area contributed by atoms with E-state index < -0.39 is 24.0 Å². The molecule has 0 saturated heterocycles. The molecule has 6 heteroatoms. The number of hydrogen-bond acceptors (Lipinski definition) is 4. The van der Waals surface area contributed by atoms with Crippen LogP contribution in [0.2, 0.25) is 0 Å². The highest BCUT2D eigenvalue weighted by Gasteiger charge is 2.27. The number of carbonyl (C=O) groups is 3. The van der Waals surface area contributed by atoms with Crippen molar-refractivity contribution in [1.29, 1.82) is 0 Å². The molecule has 6 nitrogen and oxygen atoms in total. The maximum absolute atomic E-state index is 12.3. The molecule has 0 aliphatic rings. The van der Waals surface area contributed by atoms with Gasteiger partial charge < -0.3 is 15.4 Å². The van der Waals surface area contributed by atoms with Gasteiger partial charge in [-0.25, -0.2) is 4.79 Å². The van der Waals surface area contributed by atoms with Crippen molar-refractivity contribution < 1.29 is 19.1 Å². The van der Waals surface area contributed by atoms with Crippen molar-refractivity contribution in [1.82, 2.24) is 10.6 Å². The fourth-order valence-electron chi connectivity index (χ4n) is 1.90. The molecule has 0 bridgehead atoms. The van der Waals surface area contributed by atoms with Crippen LogP contribution in [-0.4, -0.2) is 37.0 Å². The van der Waals surface area contributed by atoms with Crippen molar-refractivity contribution in [3.63, 3.8) is 0 Å². The summed E-state index contributed by atoms with van der Waals surface area (Å²) in [6.07, 6.45) is 0.791. The van der Waals surface area contributed by atoms with E-state index >= 15 is 0 Å². The number of esters is 1. The van der Waals surface area contributed by atoms with Crippen molar-refractivity contribution in [3.8, 4) is 0 Å². The van der Waals surface area contributed by atoms with E-state index in [1.807, 2.05) is 13.8 Å². The van der Waals surface area contributed by atoms with E-state index in [0.29, 0.717) is 12.8 Å². The summed E-state index contributed by atoms with van der Waals surface area (Å²) in [5.74, 6) is -0.983. The summed E-state index contributed by atoms with van der Waals surface area (Å²) >= 11 is 0. The van der Waals surface area contributed by atoms with Crippen LogP contribution in [0.1, 0.15) is 40.5 Å². The molecule has 0 aliphatic carbocycles. The van der Waals surface area contributed by atoms with Gasteiger partial charge in [-0.3, -0.25) is 9.59 Å². The van der Waals surface area contributed by atoms with E-state index in [9.17, 15) is 14.4 Å². The number of carbonyl (C=O) groups excluding carboxylic acids is 3. The second-order valence-corrected chi connectivity index (χ2v) is 5.63. The summed E-state index contributed by atoms with van der Waals surface area (Å²) in [7, 11) is 1.26. The van der Waals surface area contributed by atoms with Gasteiger partial charge in [0.15, 0.2) is 0 Å². The molecule has 120 valence electrons. The van der Waals surface area contributed by atoms with Crippen LogP contribution in [0, 0.1) is 5.92 Å². The van der Waals surface area contributed by atoms with Gasteiger partial charge in [-0.2, -0.15) is 0 Å². The fourth-order valence-corrected chi connectivity index (χ4v) is 1.90. The molecule has 2 amide bonds. The molecular formula is C15H26N2O4. The van der Waals surface area contributed by atoms with Crippen LogP contribution in [0.3, 0.4) is 0 Å². The van der Waals surface area contributed by atoms with Gasteiger partial charge in [0.25, 0.3) is 0 Å². The summed E-state index contributed by atoms with van der Waals surface area (Å²) in [5.41, 5.74) is 0.755. The predicted molar refractivity (Wildman–Crippen MR) is 80.4 cm³/mol. The summed E-state index contributed by atoms with van der Waals surface area (Å²) < 4.78 is 4.67. The maximum atomic E-state index is 12.3. The third-order valence-corrected chi connectivity index (χ3v) is 2.76. The van der Waals surface area contributed by atoms with Gasteiger partial charge in [-0.15, -0.1) is 6.58 Å². The largest absolute Gasteiger partial charge is 0.467 e. The lowest BCUT2D eigenvalue weighted by Gasteiger charge is -2.23. The molecule has 0 saturated carbocycles. The number of methoxy groups -OCH3 is 1. The summed E-state index contributed by atoms with van der Waals surface area (Å²) in [6.45, 7) is 10.8. The molecule has 0 heterocycles. The monoisotopic (exact) mass is 298 g/mol. The first kappa shape index (κ1) is 19.1. The molecule has 0 aromatic carbocycles. The van der Waals surface area contributed by atoms with Gasteiger partial charge in [0, 0.05) is 6.92 Å². The molecule has 0 aromatic rings. The molecule has 0 radical (unpaired) electrons. The van der Waals surface area contributed by atoms with Crippen LogP contribution in [0.15, 0.2) is 12.2 Å². The molecule has 21 heavy (non-hydrogen) atoms. The standard InChI is InChI=1S/C15H26N2O4/c1-9(2)7-12(16-11(5)18)14(19)17-13(8-10(3)4)15(20)21-6/h9,12-13H,3,7-8H2,1-2,4-6H3,(H,16,18)(H,17,19)/t12-,13+/m0/s1. The van der Waals surface area contributed by atoms with Crippen LogP contribution >= 0.6 is 0 Å². The van der Waals surface area contributed by atoms with Gasteiger partial charge in [0.05, 0.1) is 7.11 Å². The minimum atomic E-state index is -0.788. The van der Waals surface area contributed by atoms with Crippen molar-refractivity contribution in [2.75, 3.05) is 7.11 Å². The first-order chi connectivity index (χ1) is 9.67. The van der Waals surface area contributed by atoms with Gasteiger partial charge >= 0.3 is 5.97 Å². The fraction of sp³-hybridized carbons (Fsp3) is 0.667. The van der Waals surface area contributed by atoms with Crippen LogP contribution in [0.4, 0.5) is 0 Å². The highest BCUT2D eigenvalue weighted by atomic mass is 16.5. The minimum absolute atomic E-state index is 0.227. The topological polar surface area (TPSA) is 84.5 Å². The average Bonchev–Trinajstić information content (AvgIpc) is 2.34. The van der Waals surface area contributed by atoms with E-state index in [0.717, 1.165) is 5.57 Å². The Balaban J connectivity index is 4.91. The highest BCUT2D eigenvalue weighted by molar-refractivity contribution is 5.90. The Labute approximate surface area is 126 Å². The zero-order chi connectivity index (χ0) is 16.6. The number of amides is 2. The number of ether oxygens (including phenoxy) is 1. The molecule has 0 fully saturated rings. The van der Waals surface area contributed by atoms with Crippen LogP contribution in [0.25, 0.3) is 0 Å². The number of hydrogen-bond donors (Lipinski definition) is 2. The van der Waals surface area contributed by atoms with E-state index in [4.69, 9.17) is 0 Å². The first-order valence-electron chi connectivity index (χ1n) is 6.97. The molecule has 0 aliphatic heterocycles. The molecule has 2 N–H and O–H groups in total. The summed E-state index contributed by atoms with van der Waals surface area (Å²) in [6, 6.07) is -1.46. The smallest absolute Gasteiger partial charge is 0.328 e. The Kier molecular flexibility index (Phi) is 8.35. The predicted octanol–water partition coefficient (Wildman–Crippen LogP) is 1.16. The molecule has 2 atom stereocenters. The van der Waals surface area contributed by atoms with Crippen molar-refractivity contribution >= 4 is 17.8 Å². The van der Waals surface area contributed by atoms with Gasteiger partial charge in [-0.05, 0) is 25.7 Å². The van der Waals surface area contributed by atoms with E-state index in [-0.39, 0.29) is 11.8 Å². The Morgan fingerprint density at radius 2 is 1.67 bits per heavy atom. The molecule has 0 rings (SSSR count). The zero-order valence-electron chi connectivity index (χ0n) is 13.5. The molecule has 0 spiro atoms. The Morgan fingerprint density at radius 3 is 2.05 bits per heavy atom. The van der Waals surface area contributed by atoms with Gasteiger partial charge in [-0.1, -0.05) is 19.4 Å². The lowest BCUT2D eigenvalue weighted by molar-refractivity contribution is -0.145. The molecular weight excluding hydrogens is 272 g/mol. The van der Waals surface area contributed by atoms with E-state index in [1.54, 1.807) is 6.92 Å². The van der Waals surface area contributed by atoms with Crippen LogP contribution in [0.5, 0.6) is 0 Å². The maximum Gasteiger partial charge on any atom is 0.328 e. The highest BCUT2D eigenvalue weighted by Crippen LogP contribution is 2.08. The van der Waals surface area contributed by atoms with E-state index in [2.05, 4.69) is 21.9 Å². The lowest BCUT2D eigenvalue weighted by Crippen LogP contribution is -2.52. The zero-order valence-corrected chi connectivity index (χ0v) is 13.5. The third kappa shape index (κ3) is 8.12. The van der Waals surface area contributed by atoms with Crippen LogP contribution < -0.4 is 10.6 Å². The summed E-state index contributed by atoms with van der Waals surface area (Å²) in [4.78, 5) is 35.1. The first-order valence-corrected chi connectivity index (χ1v) is 6.97. The number of nitrogens with one attached hydrogen (secondary N) is 2. The second kappa shape index (κ2) is 9.15. The van der Waals surface area contributed by atoms with Crippen molar-refractivity contribution in [2.45, 2.75) is 52.6 Å². The molecule has 0 unspecified atom stereocenters. The minimum Gasteiger partial charge on any atom is -0.467 e. The Morgan fingerprint density at radius 1 is 1.10 bits per heavy atom. The normalized spacial score (nSPS) is 13.2. The lowest BCUT2D eigenvalue weighted by atomic mass is 10.0.